The van der Waals surface area contributed by atoms with Crippen LogP contribution >= 0.6 is 0 Å². The first-order valence-electron chi connectivity index (χ1n) is 9.14. The van der Waals surface area contributed by atoms with Gasteiger partial charge in [0.25, 0.3) is 5.91 Å². The predicted octanol–water partition coefficient (Wildman–Crippen LogP) is 3.03. The topological polar surface area (TPSA) is 88.0 Å². The van der Waals surface area contributed by atoms with Crippen molar-refractivity contribution in [2.45, 2.75) is 64.8 Å². The molecule has 0 radical (unpaired) electrons. The summed E-state index contributed by atoms with van der Waals surface area (Å²) >= 11 is 0. The van der Waals surface area contributed by atoms with E-state index in [1.807, 2.05) is 0 Å². The van der Waals surface area contributed by atoms with Crippen LogP contribution < -0.4 is 5.32 Å². The van der Waals surface area contributed by atoms with Gasteiger partial charge in [0.05, 0.1) is 23.4 Å². The Bertz CT molecular complexity index is 831. The van der Waals surface area contributed by atoms with Crippen molar-refractivity contribution in [3.05, 3.63) is 39.6 Å². The summed E-state index contributed by atoms with van der Waals surface area (Å²) in [5.74, 6) is 0.950. The number of aromatic nitrogens is 2. The molecule has 0 spiro atoms. The minimum absolute atomic E-state index is 0.0110. The van der Waals surface area contributed by atoms with E-state index in [0.717, 1.165) is 37.8 Å². The molecule has 6 nitrogen and oxygen atoms in total. The largest absolute Gasteiger partial charge is 0.465 e. The smallest absolute Gasteiger partial charge is 0.255 e. The van der Waals surface area contributed by atoms with Crippen LogP contribution in [0.5, 0.6) is 0 Å². The number of nitrogens with one attached hydrogen (secondary N) is 2. The van der Waals surface area contributed by atoms with Crippen LogP contribution in [0, 0.1) is 6.92 Å². The number of Topliss-reactive ketones (excluding diaryl/α,β-unsaturated/α-hetero) is 1. The molecule has 2 N–H and O–H groups in total. The highest BCUT2D eigenvalue weighted by Crippen LogP contribution is 2.29. The number of carbonyl (C=O) groups is 2. The minimum atomic E-state index is -0.247. The van der Waals surface area contributed by atoms with Gasteiger partial charge in [-0.05, 0) is 44.6 Å². The first-order chi connectivity index (χ1) is 12.1. The second-order valence-electron chi connectivity index (χ2n) is 6.98. The van der Waals surface area contributed by atoms with E-state index in [1.165, 1.54) is 24.1 Å². The van der Waals surface area contributed by atoms with Gasteiger partial charge in [0.2, 0.25) is 0 Å². The molecule has 0 bridgehead atoms. The molecule has 132 valence electrons. The Morgan fingerprint density at radius 2 is 2.00 bits per heavy atom. The van der Waals surface area contributed by atoms with E-state index in [0.29, 0.717) is 35.6 Å². The summed E-state index contributed by atoms with van der Waals surface area (Å²) in [6.07, 6.45) is 7.62. The molecule has 0 aromatic carbocycles. The maximum atomic E-state index is 12.7. The fourth-order valence-corrected chi connectivity index (χ4v) is 4.01. The average molecular weight is 341 g/mol. The van der Waals surface area contributed by atoms with E-state index in [-0.39, 0.29) is 11.7 Å². The summed E-state index contributed by atoms with van der Waals surface area (Å²) in [5.41, 5.74) is 4.25. The molecule has 1 amide bonds. The normalized spacial score (nSPS) is 16.9. The van der Waals surface area contributed by atoms with Gasteiger partial charge in [-0.3, -0.25) is 14.7 Å². The second-order valence-corrected chi connectivity index (χ2v) is 6.98. The molecule has 2 aromatic rings. The standard InChI is InChI=1S/C19H23N3O3/c1-11-17(18-15(23)8-5-9-16(18)25-11)19(24)20-10-14-12-6-3-2-4-7-13(12)21-22-14/h2-10H2,1H3,(H,20,24)(H,21,22). The van der Waals surface area contributed by atoms with Crippen LogP contribution in [-0.2, 0) is 25.8 Å². The Morgan fingerprint density at radius 1 is 1.16 bits per heavy atom. The monoisotopic (exact) mass is 341 g/mol. The lowest BCUT2D eigenvalue weighted by atomic mass is 9.93. The lowest BCUT2D eigenvalue weighted by molar-refractivity contribution is 0.0925. The van der Waals surface area contributed by atoms with Crippen molar-refractivity contribution in [2.75, 3.05) is 0 Å². The highest BCUT2D eigenvalue weighted by Gasteiger charge is 2.30. The average Bonchev–Trinajstić information content (AvgIpc) is 3.04. The zero-order valence-corrected chi connectivity index (χ0v) is 14.5. The fourth-order valence-electron chi connectivity index (χ4n) is 4.01. The molecular formula is C19H23N3O3. The molecule has 4 rings (SSSR count). The van der Waals surface area contributed by atoms with Crippen LogP contribution in [-0.4, -0.2) is 21.9 Å². The molecule has 25 heavy (non-hydrogen) atoms. The molecule has 0 fully saturated rings. The number of nitrogens with zero attached hydrogens (tertiary/aromatic N) is 1. The molecule has 0 atom stereocenters. The third-order valence-corrected chi connectivity index (χ3v) is 5.28. The third-order valence-electron chi connectivity index (χ3n) is 5.28. The van der Waals surface area contributed by atoms with Gasteiger partial charge < -0.3 is 9.73 Å². The fraction of sp³-hybridized carbons (Fsp3) is 0.526. The zero-order chi connectivity index (χ0) is 17.4. The van der Waals surface area contributed by atoms with Gasteiger partial charge >= 0.3 is 0 Å². The number of amides is 1. The van der Waals surface area contributed by atoms with Crippen molar-refractivity contribution in [2.24, 2.45) is 0 Å². The molecule has 2 heterocycles. The van der Waals surface area contributed by atoms with Crippen LogP contribution in [0.15, 0.2) is 4.42 Å². The first kappa shape index (κ1) is 16.1. The quantitative estimate of drug-likeness (QED) is 0.840. The lowest BCUT2D eigenvalue weighted by Crippen LogP contribution is -2.26. The molecule has 2 aliphatic carbocycles. The number of H-pyrrole nitrogens is 1. The number of hydrogen-bond donors (Lipinski definition) is 2. The summed E-state index contributed by atoms with van der Waals surface area (Å²) < 4.78 is 5.67. The highest BCUT2D eigenvalue weighted by molar-refractivity contribution is 6.09. The van der Waals surface area contributed by atoms with Crippen LogP contribution in [0.4, 0.5) is 0 Å². The number of ketones is 1. The van der Waals surface area contributed by atoms with Gasteiger partial charge in [0, 0.05) is 18.5 Å². The van der Waals surface area contributed by atoms with E-state index in [4.69, 9.17) is 4.42 Å². The molecule has 2 aliphatic rings. The van der Waals surface area contributed by atoms with Gasteiger partial charge in [0.15, 0.2) is 5.78 Å². The second kappa shape index (κ2) is 6.50. The summed E-state index contributed by atoms with van der Waals surface area (Å²) in [6, 6.07) is 0. The molecule has 2 aromatic heterocycles. The van der Waals surface area contributed by atoms with Crippen LogP contribution in [0.3, 0.4) is 0 Å². The maximum absolute atomic E-state index is 12.7. The highest BCUT2D eigenvalue weighted by atomic mass is 16.3. The van der Waals surface area contributed by atoms with Crippen molar-refractivity contribution < 1.29 is 14.0 Å². The Balaban J connectivity index is 1.53. The molecular weight excluding hydrogens is 318 g/mol. The van der Waals surface area contributed by atoms with Crippen molar-refractivity contribution in [3.8, 4) is 0 Å². The Hall–Kier alpha value is -2.37. The minimum Gasteiger partial charge on any atom is -0.465 e. The predicted molar refractivity (Wildman–Crippen MR) is 91.7 cm³/mol. The number of aromatic amines is 1. The number of hydrogen-bond acceptors (Lipinski definition) is 4. The first-order valence-corrected chi connectivity index (χ1v) is 9.14. The Morgan fingerprint density at radius 3 is 2.88 bits per heavy atom. The van der Waals surface area contributed by atoms with Crippen molar-refractivity contribution in [1.29, 1.82) is 0 Å². The van der Waals surface area contributed by atoms with E-state index in [2.05, 4.69) is 15.5 Å². The molecule has 0 saturated carbocycles. The summed E-state index contributed by atoms with van der Waals surface area (Å²) in [7, 11) is 0. The van der Waals surface area contributed by atoms with Gasteiger partial charge in [-0.15, -0.1) is 0 Å². The lowest BCUT2D eigenvalue weighted by Gasteiger charge is -2.10. The summed E-state index contributed by atoms with van der Waals surface area (Å²) in [4.78, 5) is 24.9. The summed E-state index contributed by atoms with van der Waals surface area (Å²) in [5, 5.41) is 10.4. The maximum Gasteiger partial charge on any atom is 0.255 e. The number of carbonyl (C=O) groups excluding carboxylic acids is 2. The van der Waals surface area contributed by atoms with E-state index in [1.54, 1.807) is 6.92 Å². The number of furan rings is 1. The van der Waals surface area contributed by atoms with Gasteiger partial charge in [-0.2, -0.15) is 5.10 Å². The zero-order valence-electron chi connectivity index (χ0n) is 14.5. The van der Waals surface area contributed by atoms with Crippen molar-refractivity contribution in [3.63, 3.8) is 0 Å². The Kier molecular flexibility index (Phi) is 4.19. The molecule has 6 heteroatoms. The molecule has 0 saturated heterocycles. The van der Waals surface area contributed by atoms with E-state index >= 15 is 0 Å². The van der Waals surface area contributed by atoms with Gasteiger partial charge in [-0.25, -0.2) is 0 Å². The van der Waals surface area contributed by atoms with E-state index < -0.39 is 0 Å². The SMILES string of the molecule is Cc1oc2c(c1C(=O)NCc1n[nH]c3c1CCCCC3)C(=O)CCC2. The third kappa shape index (κ3) is 2.90. The van der Waals surface area contributed by atoms with Gasteiger partial charge in [-0.1, -0.05) is 6.42 Å². The number of aryl methyl sites for hydroxylation is 3. The number of fused-ring (bicyclic) bond motifs is 2. The van der Waals surface area contributed by atoms with Crippen molar-refractivity contribution >= 4 is 11.7 Å². The van der Waals surface area contributed by atoms with Crippen molar-refractivity contribution in [1.82, 2.24) is 15.5 Å². The van der Waals surface area contributed by atoms with E-state index in [9.17, 15) is 9.59 Å². The van der Waals surface area contributed by atoms with Crippen LogP contribution in [0.1, 0.15) is 81.3 Å². The molecule has 0 aliphatic heterocycles. The summed E-state index contributed by atoms with van der Waals surface area (Å²) in [6.45, 7) is 2.12. The van der Waals surface area contributed by atoms with Gasteiger partial charge in [0.1, 0.15) is 11.5 Å². The number of rotatable bonds is 3. The van der Waals surface area contributed by atoms with Crippen LogP contribution in [0.25, 0.3) is 0 Å². The van der Waals surface area contributed by atoms with Crippen LogP contribution in [0.2, 0.25) is 0 Å². The molecule has 0 unspecified atom stereocenters. The Labute approximate surface area is 146 Å².